The number of nitrogens with one attached hydrogen (secondary N) is 1. The molecule has 0 aromatic carbocycles. The van der Waals surface area contributed by atoms with Gasteiger partial charge >= 0.3 is 0 Å². The van der Waals surface area contributed by atoms with E-state index in [1.807, 2.05) is 4.90 Å². The fourth-order valence-electron chi connectivity index (χ4n) is 2.76. The van der Waals surface area contributed by atoms with Crippen LogP contribution in [0.2, 0.25) is 0 Å². The summed E-state index contributed by atoms with van der Waals surface area (Å²) >= 11 is 0. The van der Waals surface area contributed by atoms with Gasteiger partial charge in [-0.2, -0.15) is 0 Å². The molecule has 1 fully saturated rings. The van der Waals surface area contributed by atoms with Crippen molar-refractivity contribution in [3.8, 4) is 0 Å². The number of anilines is 1. The minimum absolute atomic E-state index is 0.209. The standard InChI is InChI=1S/C13H16N4O3S/c1-21(19,20)10-2-4-17(5-3-10)12-11-9(6-14-8-16-11)7-15-13(12)18/h6-8,10H,2-5H2,1H3,(H,15,18). The van der Waals surface area contributed by atoms with Crippen LogP contribution in [0.15, 0.2) is 23.5 Å². The van der Waals surface area contributed by atoms with Gasteiger partial charge in [0.05, 0.1) is 5.25 Å². The molecule has 3 rings (SSSR count). The molecule has 7 nitrogen and oxygen atoms in total. The number of rotatable bonds is 2. The Labute approximate surface area is 122 Å². The maximum Gasteiger partial charge on any atom is 0.273 e. The van der Waals surface area contributed by atoms with Crippen LogP contribution in [-0.2, 0) is 9.84 Å². The van der Waals surface area contributed by atoms with Crippen LogP contribution in [0.5, 0.6) is 0 Å². The minimum Gasteiger partial charge on any atom is -0.365 e. The van der Waals surface area contributed by atoms with Crippen LogP contribution in [0.25, 0.3) is 10.9 Å². The summed E-state index contributed by atoms with van der Waals surface area (Å²) in [4.78, 5) is 24.9. The number of H-pyrrole nitrogens is 1. The summed E-state index contributed by atoms with van der Waals surface area (Å²) in [5.74, 6) is 0. The normalized spacial score (nSPS) is 17.3. The van der Waals surface area contributed by atoms with Gasteiger partial charge in [0.1, 0.15) is 27.4 Å². The largest absolute Gasteiger partial charge is 0.365 e. The van der Waals surface area contributed by atoms with Gasteiger partial charge in [-0.3, -0.25) is 4.79 Å². The molecule has 0 saturated carbocycles. The van der Waals surface area contributed by atoms with Gasteiger partial charge in [-0.15, -0.1) is 0 Å². The second-order valence-electron chi connectivity index (χ2n) is 5.31. The lowest BCUT2D eigenvalue weighted by atomic mass is 10.1. The number of hydrogen-bond donors (Lipinski definition) is 1. The van der Waals surface area contributed by atoms with Crippen LogP contribution in [0.3, 0.4) is 0 Å². The third kappa shape index (κ3) is 2.63. The Morgan fingerprint density at radius 1 is 1.33 bits per heavy atom. The van der Waals surface area contributed by atoms with E-state index in [0.29, 0.717) is 37.1 Å². The molecule has 3 heterocycles. The Kier molecular flexibility index (Phi) is 3.40. The van der Waals surface area contributed by atoms with E-state index >= 15 is 0 Å². The van der Waals surface area contributed by atoms with Crippen LogP contribution in [0.1, 0.15) is 12.8 Å². The smallest absolute Gasteiger partial charge is 0.273 e. The first kappa shape index (κ1) is 14.0. The number of fused-ring (bicyclic) bond motifs is 1. The molecule has 1 N–H and O–H groups in total. The lowest BCUT2D eigenvalue weighted by molar-refractivity contribution is 0.534. The topological polar surface area (TPSA) is 96.0 Å². The molecule has 0 unspecified atom stereocenters. The number of pyridine rings is 1. The first-order valence-electron chi connectivity index (χ1n) is 6.72. The molecular formula is C13H16N4O3S. The third-order valence-electron chi connectivity index (χ3n) is 3.90. The Balaban J connectivity index is 1.96. The van der Waals surface area contributed by atoms with Crippen molar-refractivity contribution in [1.29, 1.82) is 0 Å². The molecule has 1 saturated heterocycles. The highest BCUT2D eigenvalue weighted by Crippen LogP contribution is 2.24. The fraction of sp³-hybridized carbons (Fsp3) is 0.462. The lowest BCUT2D eigenvalue weighted by Crippen LogP contribution is -2.41. The van der Waals surface area contributed by atoms with Crippen molar-refractivity contribution in [3.63, 3.8) is 0 Å². The van der Waals surface area contributed by atoms with Gasteiger partial charge in [-0.25, -0.2) is 18.4 Å². The monoisotopic (exact) mass is 308 g/mol. The van der Waals surface area contributed by atoms with E-state index in [1.165, 1.54) is 12.6 Å². The summed E-state index contributed by atoms with van der Waals surface area (Å²) in [6, 6.07) is 0. The van der Waals surface area contributed by atoms with Crippen molar-refractivity contribution in [3.05, 3.63) is 29.1 Å². The first-order chi connectivity index (χ1) is 9.97. The summed E-state index contributed by atoms with van der Waals surface area (Å²) in [7, 11) is -3.02. The maximum absolute atomic E-state index is 12.1. The van der Waals surface area contributed by atoms with Crippen LogP contribution < -0.4 is 10.5 Å². The second-order valence-corrected chi connectivity index (χ2v) is 7.63. The summed E-state index contributed by atoms with van der Waals surface area (Å²) in [5, 5.41) is 0.440. The van der Waals surface area contributed by atoms with Crippen molar-refractivity contribution in [2.75, 3.05) is 24.2 Å². The predicted molar refractivity (Wildman–Crippen MR) is 80.2 cm³/mol. The van der Waals surface area contributed by atoms with Gasteiger partial charge < -0.3 is 9.88 Å². The highest BCUT2D eigenvalue weighted by Gasteiger charge is 2.28. The zero-order valence-corrected chi connectivity index (χ0v) is 12.4. The molecule has 1 aliphatic rings. The van der Waals surface area contributed by atoms with Crippen LogP contribution in [0, 0.1) is 0 Å². The van der Waals surface area contributed by atoms with Crippen LogP contribution >= 0.6 is 0 Å². The average molecular weight is 308 g/mol. The maximum atomic E-state index is 12.1. The molecule has 0 spiro atoms. The minimum atomic E-state index is -3.02. The predicted octanol–water partition coefficient (Wildman–Crippen LogP) is 0.331. The second kappa shape index (κ2) is 5.10. The Morgan fingerprint density at radius 2 is 2.05 bits per heavy atom. The Hall–Kier alpha value is -1.96. The van der Waals surface area contributed by atoms with Gasteiger partial charge in [0.2, 0.25) is 0 Å². The van der Waals surface area contributed by atoms with Crippen molar-refractivity contribution in [2.24, 2.45) is 0 Å². The van der Waals surface area contributed by atoms with Gasteiger partial charge in [-0.05, 0) is 12.8 Å². The Bertz CT molecular complexity index is 823. The van der Waals surface area contributed by atoms with Crippen molar-refractivity contribution < 1.29 is 8.42 Å². The summed E-state index contributed by atoms with van der Waals surface area (Å²) in [6.45, 7) is 1.06. The molecule has 0 bridgehead atoms. The van der Waals surface area contributed by atoms with E-state index in [2.05, 4.69) is 15.0 Å². The van der Waals surface area contributed by atoms with E-state index in [4.69, 9.17) is 0 Å². The van der Waals surface area contributed by atoms with Crippen LogP contribution in [-0.4, -0.2) is 48.0 Å². The highest BCUT2D eigenvalue weighted by molar-refractivity contribution is 7.91. The Morgan fingerprint density at radius 3 is 2.71 bits per heavy atom. The molecule has 21 heavy (non-hydrogen) atoms. The lowest BCUT2D eigenvalue weighted by Gasteiger charge is -2.32. The molecule has 0 aliphatic carbocycles. The number of nitrogens with zero attached hydrogens (tertiary/aromatic N) is 3. The number of aromatic nitrogens is 3. The summed E-state index contributed by atoms with van der Waals surface area (Å²) < 4.78 is 23.2. The van der Waals surface area contributed by atoms with Crippen molar-refractivity contribution >= 4 is 26.4 Å². The summed E-state index contributed by atoms with van der Waals surface area (Å²) in [5.41, 5.74) is 0.896. The molecule has 1 aliphatic heterocycles. The van der Waals surface area contributed by atoms with Crippen LogP contribution in [0.4, 0.5) is 5.69 Å². The molecule has 2 aromatic heterocycles. The van der Waals surface area contributed by atoms with E-state index in [0.717, 1.165) is 5.39 Å². The quantitative estimate of drug-likeness (QED) is 0.859. The molecule has 2 aromatic rings. The van der Waals surface area contributed by atoms with Gasteiger partial charge in [0.15, 0.2) is 0 Å². The molecule has 0 amide bonds. The number of aromatic amines is 1. The molecule has 8 heteroatoms. The fourth-order valence-corrected chi connectivity index (χ4v) is 3.83. The van der Waals surface area contributed by atoms with E-state index in [9.17, 15) is 13.2 Å². The zero-order chi connectivity index (χ0) is 15.0. The third-order valence-corrected chi connectivity index (χ3v) is 5.58. The van der Waals surface area contributed by atoms with Gasteiger partial charge in [-0.1, -0.05) is 0 Å². The SMILES string of the molecule is CS(=O)(=O)C1CCN(c2c(=O)[nH]cc3cncnc23)CC1. The van der Waals surface area contributed by atoms with Gasteiger partial charge in [0.25, 0.3) is 5.56 Å². The van der Waals surface area contributed by atoms with E-state index in [-0.39, 0.29) is 10.8 Å². The molecule has 0 atom stereocenters. The van der Waals surface area contributed by atoms with E-state index < -0.39 is 9.84 Å². The van der Waals surface area contributed by atoms with Gasteiger partial charge in [0, 0.05) is 37.1 Å². The molecule has 0 radical (unpaired) electrons. The first-order valence-corrected chi connectivity index (χ1v) is 8.67. The average Bonchev–Trinajstić information content (AvgIpc) is 2.46. The summed E-state index contributed by atoms with van der Waals surface area (Å²) in [6.07, 6.45) is 6.97. The molecule has 112 valence electrons. The number of piperidine rings is 1. The highest BCUT2D eigenvalue weighted by atomic mass is 32.2. The van der Waals surface area contributed by atoms with Crippen molar-refractivity contribution in [2.45, 2.75) is 18.1 Å². The zero-order valence-electron chi connectivity index (χ0n) is 11.6. The number of sulfone groups is 1. The van der Waals surface area contributed by atoms with E-state index in [1.54, 1.807) is 12.4 Å². The molecular weight excluding hydrogens is 292 g/mol. The number of hydrogen-bond acceptors (Lipinski definition) is 6. The van der Waals surface area contributed by atoms with Crippen molar-refractivity contribution in [1.82, 2.24) is 15.0 Å².